The van der Waals surface area contributed by atoms with Gasteiger partial charge in [0.15, 0.2) is 0 Å². The molecule has 0 aliphatic heterocycles. The first-order valence-electron chi connectivity index (χ1n) is 3.20. The third-order valence-electron chi connectivity index (χ3n) is 1.37. The van der Waals surface area contributed by atoms with Gasteiger partial charge in [-0.05, 0) is 12.1 Å². The van der Waals surface area contributed by atoms with Gasteiger partial charge in [-0.3, -0.25) is 0 Å². The molecule has 0 fully saturated rings. The third-order valence-corrected chi connectivity index (χ3v) is 3.48. The molecule has 0 saturated heterocycles. The Labute approximate surface area is 83.9 Å². The van der Waals surface area contributed by atoms with Crippen molar-refractivity contribution in [3.8, 4) is 0 Å². The monoisotopic (exact) mass is 236 g/mol. The van der Waals surface area contributed by atoms with Crippen molar-refractivity contribution in [2.45, 2.75) is 0 Å². The van der Waals surface area contributed by atoms with Crippen molar-refractivity contribution < 1.29 is 17.1 Å². The van der Waals surface area contributed by atoms with E-state index in [1.807, 2.05) is 18.2 Å². The van der Waals surface area contributed by atoms with E-state index >= 15 is 0 Å². The number of rotatable bonds is 1. The van der Waals surface area contributed by atoms with Crippen LogP contribution in [0.15, 0.2) is 30.3 Å². The van der Waals surface area contributed by atoms with E-state index in [1.54, 1.807) is 0 Å². The van der Waals surface area contributed by atoms with Gasteiger partial charge in [0.25, 0.3) is 0 Å². The summed E-state index contributed by atoms with van der Waals surface area (Å²) in [6, 6.07) is 10.2. The number of halogens is 1. The Balaban J connectivity index is 0.000001000. The number of hydrogen-bond acceptors (Lipinski definition) is 0. The van der Waals surface area contributed by atoms with Crippen LogP contribution in [0.4, 0.5) is 0 Å². The van der Waals surface area contributed by atoms with E-state index < -0.39 is 6.62 Å². The smallest absolute Gasteiger partial charge is 0.0620 e. The molecular weight excluding hydrogens is 226 g/mol. The summed E-state index contributed by atoms with van der Waals surface area (Å²) in [5.74, 6) is 0. The summed E-state index contributed by atoms with van der Waals surface area (Å²) in [6.07, 6.45) is 0. The van der Waals surface area contributed by atoms with Gasteiger partial charge >= 0.3 is 0 Å². The molecule has 0 N–H and O–H groups in total. The Kier molecular flexibility index (Phi) is 4.66. The Bertz CT molecular complexity index is 205. The van der Waals surface area contributed by atoms with Crippen molar-refractivity contribution in [3.63, 3.8) is 0 Å². The van der Waals surface area contributed by atoms with Crippen molar-refractivity contribution in [1.82, 2.24) is 0 Å². The quantitative estimate of drug-likeness (QED) is 0.520. The summed E-state index contributed by atoms with van der Waals surface area (Å²) in [6.45, 7) is 2.91. The maximum Gasteiger partial charge on any atom is 0.140 e. The summed E-state index contributed by atoms with van der Waals surface area (Å²) in [5, 5.41) is 1.27. The molecular formula is C8H11ClCuP+. The first-order chi connectivity index (χ1) is 4.61. The summed E-state index contributed by atoms with van der Waals surface area (Å²) in [7, 11) is 0. The number of benzene rings is 1. The second kappa shape index (κ2) is 4.48. The molecule has 0 unspecified atom stereocenters. The zero-order valence-corrected chi connectivity index (χ0v) is 9.11. The predicted octanol–water partition coefficient (Wildman–Crippen LogP) is 2.74. The molecule has 0 aliphatic carbocycles. The average Bonchev–Trinajstić information content (AvgIpc) is 1.88. The fourth-order valence-corrected chi connectivity index (χ4v) is 2.00. The van der Waals surface area contributed by atoms with Gasteiger partial charge in [0.1, 0.15) is 11.9 Å². The molecule has 0 spiro atoms. The predicted molar refractivity (Wildman–Crippen MR) is 50.7 cm³/mol. The van der Waals surface area contributed by atoms with Crippen molar-refractivity contribution in [3.05, 3.63) is 30.3 Å². The van der Waals surface area contributed by atoms with Gasteiger partial charge in [-0.15, -0.1) is 0 Å². The van der Waals surface area contributed by atoms with Crippen molar-refractivity contribution in [2.75, 3.05) is 13.3 Å². The molecule has 0 amide bonds. The van der Waals surface area contributed by atoms with E-state index in [-0.39, 0.29) is 17.1 Å². The van der Waals surface area contributed by atoms with Gasteiger partial charge < -0.3 is 0 Å². The third kappa shape index (κ3) is 3.58. The molecule has 0 aliphatic rings. The summed E-state index contributed by atoms with van der Waals surface area (Å²) < 4.78 is 0. The Morgan fingerprint density at radius 2 is 1.55 bits per heavy atom. The maximum absolute atomic E-state index is 6.17. The molecule has 1 radical (unpaired) electrons. The molecule has 1 aromatic carbocycles. The molecule has 1 rings (SSSR count). The van der Waals surface area contributed by atoms with Crippen LogP contribution in [0, 0.1) is 0 Å². The topological polar surface area (TPSA) is 0 Å². The standard InChI is InChI=1S/C8H11ClP.Cu/c1-10(2,9)8-6-4-3-5-7-8;/h3-7H,1-2H3;/q+1;. The van der Waals surface area contributed by atoms with Crippen LogP contribution in [0.25, 0.3) is 0 Å². The Morgan fingerprint density at radius 1 is 1.09 bits per heavy atom. The second-order valence-electron chi connectivity index (χ2n) is 2.65. The molecule has 65 valence electrons. The van der Waals surface area contributed by atoms with Crippen LogP contribution < -0.4 is 5.30 Å². The van der Waals surface area contributed by atoms with Gasteiger partial charge in [-0.1, -0.05) is 18.2 Å². The van der Waals surface area contributed by atoms with Gasteiger partial charge in [0, 0.05) is 17.1 Å². The maximum atomic E-state index is 6.17. The SMILES string of the molecule is C[P+](C)(Cl)c1ccccc1.[Cu]. The molecule has 0 nitrogen and oxygen atoms in total. The molecule has 1 aromatic rings. The first-order valence-corrected chi connectivity index (χ1v) is 6.79. The van der Waals surface area contributed by atoms with Crippen LogP contribution >= 0.6 is 17.9 Å². The zero-order valence-electron chi connectivity index (χ0n) is 6.51. The Morgan fingerprint density at radius 3 is 1.82 bits per heavy atom. The minimum Gasteiger partial charge on any atom is -0.0620 e. The van der Waals surface area contributed by atoms with E-state index in [0.717, 1.165) is 0 Å². The van der Waals surface area contributed by atoms with Crippen LogP contribution in [0.2, 0.25) is 0 Å². The molecule has 11 heavy (non-hydrogen) atoms. The molecule has 0 bridgehead atoms. The second-order valence-corrected chi connectivity index (χ2v) is 8.34. The minimum absolute atomic E-state index is 0. The van der Waals surface area contributed by atoms with E-state index in [4.69, 9.17) is 11.2 Å². The van der Waals surface area contributed by atoms with Gasteiger partial charge in [0.2, 0.25) is 0 Å². The van der Waals surface area contributed by atoms with Crippen molar-refractivity contribution in [1.29, 1.82) is 0 Å². The Hall–Kier alpha value is 0.459. The molecule has 0 heterocycles. The summed E-state index contributed by atoms with van der Waals surface area (Å²) in [4.78, 5) is 0. The van der Waals surface area contributed by atoms with Gasteiger partial charge in [-0.2, -0.15) is 0 Å². The van der Waals surface area contributed by atoms with Crippen molar-refractivity contribution >= 4 is 23.2 Å². The largest absolute Gasteiger partial charge is 0.140 e. The molecule has 0 atom stereocenters. The van der Waals surface area contributed by atoms with Gasteiger partial charge in [-0.25, -0.2) is 0 Å². The molecule has 0 saturated carbocycles. The minimum atomic E-state index is -1.30. The fraction of sp³-hybridized carbons (Fsp3) is 0.250. The molecule has 3 heteroatoms. The summed E-state index contributed by atoms with van der Waals surface area (Å²) in [5.41, 5.74) is 0. The zero-order chi connectivity index (χ0) is 7.61. The molecule has 0 aromatic heterocycles. The van der Waals surface area contributed by atoms with Crippen LogP contribution in [-0.4, -0.2) is 13.3 Å². The van der Waals surface area contributed by atoms with Crippen LogP contribution in [-0.2, 0) is 17.1 Å². The summed E-state index contributed by atoms with van der Waals surface area (Å²) >= 11 is 6.17. The fourth-order valence-electron chi connectivity index (χ4n) is 0.782. The van der Waals surface area contributed by atoms with Crippen LogP contribution in [0.3, 0.4) is 0 Å². The van der Waals surface area contributed by atoms with Gasteiger partial charge in [0.05, 0.1) is 24.6 Å². The van der Waals surface area contributed by atoms with Crippen LogP contribution in [0.1, 0.15) is 0 Å². The van der Waals surface area contributed by atoms with Crippen molar-refractivity contribution in [2.24, 2.45) is 0 Å². The number of hydrogen-bond donors (Lipinski definition) is 0. The van der Waals surface area contributed by atoms with Crippen LogP contribution in [0.5, 0.6) is 0 Å². The van der Waals surface area contributed by atoms with E-state index in [1.165, 1.54) is 5.30 Å². The first kappa shape index (κ1) is 11.5. The van der Waals surface area contributed by atoms with E-state index in [2.05, 4.69) is 25.5 Å². The normalized spacial score (nSPS) is 10.5. The van der Waals surface area contributed by atoms with E-state index in [0.29, 0.717) is 0 Å². The average molecular weight is 237 g/mol. The van der Waals surface area contributed by atoms with E-state index in [9.17, 15) is 0 Å².